The van der Waals surface area contributed by atoms with Gasteiger partial charge in [0.25, 0.3) is 0 Å². The minimum absolute atomic E-state index is 0.000555. The molecular formula is C24H25N5O2S. The number of nitrogens with one attached hydrogen (secondary N) is 1. The van der Waals surface area contributed by atoms with Crippen molar-refractivity contribution in [2.24, 2.45) is 0 Å². The molecule has 0 unspecified atom stereocenters. The number of benzene rings is 1. The Hall–Kier alpha value is -3.52. The van der Waals surface area contributed by atoms with Gasteiger partial charge in [-0.15, -0.1) is 0 Å². The second-order valence-corrected chi connectivity index (χ2v) is 8.06. The first-order valence-electron chi connectivity index (χ1n) is 10.6. The molecule has 164 valence electrons. The van der Waals surface area contributed by atoms with Crippen LogP contribution >= 0.6 is 11.5 Å². The zero-order chi connectivity index (χ0) is 22.0. The molecule has 4 rings (SSSR count). The van der Waals surface area contributed by atoms with Gasteiger partial charge in [0.2, 0.25) is 11.0 Å². The van der Waals surface area contributed by atoms with Crippen molar-refractivity contribution in [3.63, 3.8) is 0 Å². The van der Waals surface area contributed by atoms with Crippen LogP contribution in [0.2, 0.25) is 0 Å². The summed E-state index contributed by atoms with van der Waals surface area (Å²) >= 11 is 1.35. The van der Waals surface area contributed by atoms with E-state index in [0.717, 1.165) is 22.4 Å². The minimum Gasteiger partial charge on any atom is -0.467 e. The standard InChI is InChI=1S/C24H25N5O2S/c30-23(26-14-11-20-9-4-5-13-25-20)12-15-29(18-21-10-6-16-31-21)24-27-22(28-32-24)17-19-7-2-1-3-8-19/h1-10,13,16H,11-12,14-15,17-18H2,(H,26,30). The van der Waals surface area contributed by atoms with Crippen molar-refractivity contribution in [3.8, 4) is 0 Å². The molecule has 0 radical (unpaired) electrons. The third-order valence-corrected chi connectivity index (χ3v) is 5.71. The normalized spacial score (nSPS) is 10.8. The van der Waals surface area contributed by atoms with Crippen molar-refractivity contribution < 1.29 is 9.21 Å². The first kappa shape index (κ1) is 21.7. The molecule has 0 atom stereocenters. The highest BCUT2D eigenvalue weighted by molar-refractivity contribution is 7.09. The number of anilines is 1. The Kier molecular flexibility index (Phi) is 7.60. The topological polar surface area (TPSA) is 84.2 Å². The van der Waals surface area contributed by atoms with Gasteiger partial charge in [-0.25, -0.2) is 4.98 Å². The molecule has 32 heavy (non-hydrogen) atoms. The molecule has 0 saturated carbocycles. The number of rotatable bonds is 11. The summed E-state index contributed by atoms with van der Waals surface area (Å²) in [6, 6.07) is 19.7. The second-order valence-electron chi connectivity index (χ2n) is 7.33. The number of hydrogen-bond donors (Lipinski definition) is 1. The average Bonchev–Trinajstić information content (AvgIpc) is 3.50. The summed E-state index contributed by atoms with van der Waals surface area (Å²) in [5.41, 5.74) is 2.13. The number of carbonyl (C=O) groups excluding carboxylic acids is 1. The largest absolute Gasteiger partial charge is 0.467 e. The van der Waals surface area contributed by atoms with Gasteiger partial charge in [0.1, 0.15) is 11.6 Å². The smallest absolute Gasteiger partial charge is 0.221 e. The van der Waals surface area contributed by atoms with Gasteiger partial charge in [-0.1, -0.05) is 36.4 Å². The Labute approximate surface area is 191 Å². The van der Waals surface area contributed by atoms with Gasteiger partial charge in [0, 0.05) is 55.8 Å². The molecule has 0 spiro atoms. The number of carbonyl (C=O) groups is 1. The SMILES string of the molecule is O=C(CCN(Cc1ccco1)c1nc(Cc2ccccc2)ns1)NCCc1ccccn1. The molecule has 0 saturated heterocycles. The number of pyridine rings is 1. The van der Waals surface area contributed by atoms with E-state index in [-0.39, 0.29) is 5.91 Å². The molecule has 0 aliphatic heterocycles. The van der Waals surface area contributed by atoms with Crippen molar-refractivity contribution in [2.75, 3.05) is 18.0 Å². The fourth-order valence-electron chi connectivity index (χ4n) is 3.26. The van der Waals surface area contributed by atoms with E-state index in [2.05, 4.69) is 26.8 Å². The van der Waals surface area contributed by atoms with E-state index in [1.807, 2.05) is 53.4 Å². The van der Waals surface area contributed by atoms with Gasteiger partial charge in [0.05, 0.1) is 12.8 Å². The van der Waals surface area contributed by atoms with E-state index in [9.17, 15) is 4.79 Å². The van der Waals surface area contributed by atoms with Gasteiger partial charge in [-0.3, -0.25) is 9.78 Å². The van der Waals surface area contributed by atoms with Crippen molar-refractivity contribution >= 4 is 22.6 Å². The first-order valence-corrected chi connectivity index (χ1v) is 11.3. The zero-order valence-corrected chi connectivity index (χ0v) is 18.5. The van der Waals surface area contributed by atoms with Crippen LogP contribution in [0.3, 0.4) is 0 Å². The highest BCUT2D eigenvalue weighted by Gasteiger charge is 2.16. The molecule has 3 heterocycles. The Morgan fingerprint density at radius 3 is 2.72 bits per heavy atom. The molecule has 1 amide bonds. The van der Waals surface area contributed by atoms with Crippen LogP contribution in [0.5, 0.6) is 0 Å². The van der Waals surface area contributed by atoms with Gasteiger partial charge < -0.3 is 14.6 Å². The van der Waals surface area contributed by atoms with Crippen molar-refractivity contribution in [1.82, 2.24) is 19.7 Å². The summed E-state index contributed by atoms with van der Waals surface area (Å²) in [5.74, 6) is 1.60. The molecule has 4 aromatic rings. The lowest BCUT2D eigenvalue weighted by Crippen LogP contribution is -2.31. The minimum atomic E-state index is -0.000555. The first-order chi connectivity index (χ1) is 15.8. The summed E-state index contributed by atoms with van der Waals surface area (Å²) < 4.78 is 10.0. The van der Waals surface area contributed by atoms with Crippen LogP contribution in [0, 0.1) is 0 Å². The Bertz CT molecular complexity index is 1080. The quantitative estimate of drug-likeness (QED) is 0.376. The maximum absolute atomic E-state index is 12.4. The van der Waals surface area contributed by atoms with Gasteiger partial charge in [-0.05, 0) is 29.8 Å². The van der Waals surface area contributed by atoms with Crippen LogP contribution in [0.25, 0.3) is 0 Å². The van der Waals surface area contributed by atoms with E-state index in [0.29, 0.717) is 38.9 Å². The third-order valence-electron chi connectivity index (χ3n) is 4.90. The van der Waals surface area contributed by atoms with Crippen LogP contribution in [-0.4, -0.2) is 33.3 Å². The number of aromatic nitrogens is 3. The van der Waals surface area contributed by atoms with E-state index in [4.69, 9.17) is 9.40 Å². The van der Waals surface area contributed by atoms with Crippen molar-refractivity contribution in [2.45, 2.75) is 25.8 Å². The lowest BCUT2D eigenvalue weighted by atomic mass is 10.1. The Morgan fingerprint density at radius 1 is 1.06 bits per heavy atom. The van der Waals surface area contributed by atoms with Crippen molar-refractivity contribution in [1.29, 1.82) is 0 Å². The summed E-state index contributed by atoms with van der Waals surface area (Å²) in [5, 5.41) is 3.76. The van der Waals surface area contributed by atoms with Gasteiger partial charge in [-0.2, -0.15) is 4.37 Å². The second kappa shape index (κ2) is 11.2. The Morgan fingerprint density at radius 2 is 1.94 bits per heavy atom. The fraction of sp³-hybridized carbons (Fsp3) is 0.250. The van der Waals surface area contributed by atoms with E-state index in [1.54, 1.807) is 12.5 Å². The van der Waals surface area contributed by atoms with Gasteiger partial charge >= 0.3 is 0 Å². The average molecular weight is 448 g/mol. The zero-order valence-electron chi connectivity index (χ0n) is 17.7. The molecule has 1 N–H and O–H groups in total. The monoisotopic (exact) mass is 447 g/mol. The molecule has 0 bridgehead atoms. The summed E-state index contributed by atoms with van der Waals surface area (Å²) in [7, 11) is 0. The lowest BCUT2D eigenvalue weighted by Gasteiger charge is -2.20. The Balaban J connectivity index is 1.34. The van der Waals surface area contributed by atoms with Crippen LogP contribution in [0.15, 0.2) is 77.5 Å². The predicted molar refractivity (Wildman–Crippen MR) is 124 cm³/mol. The molecule has 0 aliphatic rings. The van der Waals surface area contributed by atoms with Crippen LogP contribution in [0.4, 0.5) is 5.13 Å². The highest BCUT2D eigenvalue weighted by atomic mass is 32.1. The summed E-state index contributed by atoms with van der Waals surface area (Å²) in [4.78, 5) is 23.4. The molecule has 0 aliphatic carbocycles. The van der Waals surface area contributed by atoms with Crippen LogP contribution in [0.1, 0.15) is 29.3 Å². The maximum atomic E-state index is 12.4. The number of hydrogen-bond acceptors (Lipinski definition) is 7. The van der Waals surface area contributed by atoms with Crippen LogP contribution < -0.4 is 10.2 Å². The number of furan rings is 1. The van der Waals surface area contributed by atoms with E-state index in [1.165, 1.54) is 17.1 Å². The van der Waals surface area contributed by atoms with Crippen LogP contribution in [-0.2, 0) is 24.2 Å². The molecule has 0 fully saturated rings. The summed E-state index contributed by atoms with van der Waals surface area (Å²) in [6.45, 7) is 1.62. The predicted octanol–water partition coefficient (Wildman–Crippen LogP) is 3.87. The maximum Gasteiger partial charge on any atom is 0.221 e. The lowest BCUT2D eigenvalue weighted by molar-refractivity contribution is -0.120. The molecule has 1 aromatic carbocycles. The molecular weight excluding hydrogens is 422 g/mol. The van der Waals surface area contributed by atoms with E-state index >= 15 is 0 Å². The van der Waals surface area contributed by atoms with Gasteiger partial charge in [0.15, 0.2) is 0 Å². The molecule has 8 heteroatoms. The molecule has 3 aromatic heterocycles. The molecule has 7 nitrogen and oxygen atoms in total. The number of amides is 1. The fourth-order valence-corrected chi connectivity index (χ4v) is 3.97. The van der Waals surface area contributed by atoms with Crippen molar-refractivity contribution in [3.05, 3.63) is 96.0 Å². The highest BCUT2D eigenvalue weighted by Crippen LogP contribution is 2.21. The number of nitrogens with zero attached hydrogens (tertiary/aromatic N) is 4. The van der Waals surface area contributed by atoms with E-state index < -0.39 is 0 Å². The third kappa shape index (κ3) is 6.49. The summed E-state index contributed by atoms with van der Waals surface area (Å²) in [6.07, 6.45) is 5.16.